The predicted octanol–water partition coefficient (Wildman–Crippen LogP) is 1.86. The Labute approximate surface area is 115 Å². The van der Waals surface area contributed by atoms with Crippen molar-refractivity contribution >= 4 is 10.0 Å². The summed E-state index contributed by atoms with van der Waals surface area (Å²) in [6, 6.07) is 6.90. The van der Waals surface area contributed by atoms with Crippen LogP contribution in [0.1, 0.15) is 31.7 Å². The monoisotopic (exact) mass is 282 g/mol. The molecule has 4 nitrogen and oxygen atoms in total. The summed E-state index contributed by atoms with van der Waals surface area (Å²) in [5, 5.41) is 0. The van der Waals surface area contributed by atoms with Crippen LogP contribution in [-0.2, 0) is 16.6 Å². The molecular formula is C14H22N2O2S. The van der Waals surface area contributed by atoms with E-state index in [4.69, 9.17) is 5.73 Å². The molecule has 2 atom stereocenters. The molecule has 1 aliphatic rings. The fourth-order valence-corrected chi connectivity index (χ4v) is 4.12. The van der Waals surface area contributed by atoms with Crippen LogP contribution in [-0.4, -0.2) is 15.0 Å². The molecule has 0 radical (unpaired) electrons. The molecule has 1 aromatic carbocycles. The number of hydrogen-bond acceptors (Lipinski definition) is 3. The Kier molecular flexibility index (Phi) is 4.60. The SMILES string of the molecule is CC1CCC(CNS(=O)(=O)c2ccccc2CN)C1. The van der Waals surface area contributed by atoms with Crippen molar-refractivity contribution in [2.45, 2.75) is 37.6 Å². The number of rotatable bonds is 5. The maximum atomic E-state index is 12.3. The first-order chi connectivity index (χ1) is 9.03. The zero-order chi connectivity index (χ0) is 13.9. The molecule has 5 heteroatoms. The van der Waals surface area contributed by atoms with E-state index in [1.54, 1.807) is 24.3 Å². The number of hydrogen-bond donors (Lipinski definition) is 2. The molecule has 0 aliphatic heterocycles. The van der Waals surface area contributed by atoms with Gasteiger partial charge < -0.3 is 5.73 Å². The summed E-state index contributed by atoms with van der Waals surface area (Å²) in [5.74, 6) is 1.18. The summed E-state index contributed by atoms with van der Waals surface area (Å²) in [4.78, 5) is 0.309. The van der Waals surface area contributed by atoms with Crippen LogP contribution in [0.5, 0.6) is 0 Å². The molecule has 0 spiro atoms. The minimum atomic E-state index is -3.44. The van der Waals surface area contributed by atoms with Crippen LogP contribution < -0.4 is 10.5 Å². The molecule has 0 heterocycles. The third kappa shape index (κ3) is 3.55. The Bertz CT molecular complexity index is 528. The van der Waals surface area contributed by atoms with Crippen molar-refractivity contribution in [2.75, 3.05) is 6.54 Å². The Morgan fingerprint density at radius 1 is 1.32 bits per heavy atom. The summed E-state index contributed by atoms with van der Waals surface area (Å²) in [7, 11) is -3.44. The molecule has 1 fully saturated rings. The van der Waals surface area contributed by atoms with Crippen LogP contribution >= 0.6 is 0 Å². The van der Waals surface area contributed by atoms with Crippen molar-refractivity contribution in [1.82, 2.24) is 4.72 Å². The highest BCUT2D eigenvalue weighted by atomic mass is 32.2. The topological polar surface area (TPSA) is 72.2 Å². The number of sulfonamides is 1. The average Bonchev–Trinajstić information content (AvgIpc) is 2.82. The van der Waals surface area contributed by atoms with Gasteiger partial charge in [-0.05, 0) is 36.3 Å². The van der Waals surface area contributed by atoms with Crippen molar-refractivity contribution in [2.24, 2.45) is 17.6 Å². The van der Waals surface area contributed by atoms with Gasteiger partial charge >= 0.3 is 0 Å². The normalized spacial score (nSPS) is 23.7. The van der Waals surface area contributed by atoms with Crippen LogP contribution in [0.3, 0.4) is 0 Å². The molecule has 0 amide bonds. The third-order valence-electron chi connectivity index (χ3n) is 3.85. The number of nitrogens with two attached hydrogens (primary N) is 1. The van der Waals surface area contributed by atoms with Crippen LogP contribution in [0.2, 0.25) is 0 Å². The van der Waals surface area contributed by atoms with Crippen molar-refractivity contribution < 1.29 is 8.42 Å². The zero-order valence-corrected chi connectivity index (χ0v) is 12.1. The lowest BCUT2D eigenvalue weighted by molar-refractivity contribution is 0.498. The van der Waals surface area contributed by atoms with Gasteiger partial charge in [-0.1, -0.05) is 31.5 Å². The average molecular weight is 282 g/mol. The van der Waals surface area contributed by atoms with Crippen LogP contribution in [0, 0.1) is 11.8 Å². The van der Waals surface area contributed by atoms with Gasteiger partial charge in [0.1, 0.15) is 0 Å². The van der Waals surface area contributed by atoms with E-state index in [1.165, 1.54) is 6.42 Å². The Hall–Kier alpha value is -0.910. The molecule has 0 aromatic heterocycles. The molecular weight excluding hydrogens is 260 g/mol. The van der Waals surface area contributed by atoms with Crippen LogP contribution in [0.4, 0.5) is 0 Å². The summed E-state index contributed by atoms with van der Waals surface area (Å²) in [5.41, 5.74) is 6.25. The summed E-state index contributed by atoms with van der Waals surface area (Å²) in [6.07, 6.45) is 3.43. The van der Waals surface area contributed by atoms with Gasteiger partial charge in [-0.2, -0.15) is 0 Å². The van der Waals surface area contributed by atoms with E-state index in [9.17, 15) is 8.42 Å². The fraction of sp³-hybridized carbons (Fsp3) is 0.571. The van der Waals surface area contributed by atoms with E-state index < -0.39 is 10.0 Å². The van der Waals surface area contributed by atoms with E-state index in [-0.39, 0.29) is 6.54 Å². The molecule has 0 bridgehead atoms. The minimum Gasteiger partial charge on any atom is -0.326 e. The molecule has 1 saturated carbocycles. The fourth-order valence-electron chi connectivity index (χ4n) is 2.75. The first-order valence-corrected chi connectivity index (χ1v) is 8.29. The molecule has 106 valence electrons. The first kappa shape index (κ1) is 14.5. The largest absolute Gasteiger partial charge is 0.326 e. The second kappa shape index (κ2) is 6.03. The number of nitrogens with one attached hydrogen (secondary N) is 1. The van der Waals surface area contributed by atoms with Gasteiger partial charge in [-0.15, -0.1) is 0 Å². The Morgan fingerprint density at radius 3 is 2.68 bits per heavy atom. The highest BCUT2D eigenvalue weighted by molar-refractivity contribution is 7.89. The summed E-state index contributed by atoms with van der Waals surface area (Å²) < 4.78 is 27.3. The van der Waals surface area contributed by atoms with Crippen LogP contribution in [0.25, 0.3) is 0 Å². The molecule has 2 rings (SSSR count). The highest BCUT2D eigenvalue weighted by Gasteiger charge is 2.24. The lowest BCUT2D eigenvalue weighted by Gasteiger charge is -2.13. The lowest BCUT2D eigenvalue weighted by Crippen LogP contribution is -2.29. The molecule has 19 heavy (non-hydrogen) atoms. The van der Waals surface area contributed by atoms with E-state index >= 15 is 0 Å². The first-order valence-electron chi connectivity index (χ1n) is 6.80. The smallest absolute Gasteiger partial charge is 0.240 e. The van der Waals surface area contributed by atoms with Crippen LogP contribution in [0.15, 0.2) is 29.2 Å². The van der Waals surface area contributed by atoms with Gasteiger partial charge in [0.2, 0.25) is 10.0 Å². The zero-order valence-electron chi connectivity index (χ0n) is 11.3. The molecule has 1 aromatic rings. The van der Waals surface area contributed by atoms with Gasteiger partial charge in [-0.3, -0.25) is 0 Å². The predicted molar refractivity (Wildman–Crippen MR) is 76.0 cm³/mol. The van der Waals surface area contributed by atoms with E-state index in [0.717, 1.165) is 12.8 Å². The second-order valence-corrected chi connectivity index (χ2v) is 7.18. The minimum absolute atomic E-state index is 0.234. The quantitative estimate of drug-likeness (QED) is 0.866. The number of benzene rings is 1. The Balaban J connectivity index is 2.06. The molecule has 2 unspecified atom stereocenters. The lowest BCUT2D eigenvalue weighted by atomic mass is 10.1. The van der Waals surface area contributed by atoms with Gasteiger partial charge in [0.15, 0.2) is 0 Å². The maximum absolute atomic E-state index is 12.3. The molecule has 1 aliphatic carbocycles. The highest BCUT2D eigenvalue weighted by Crippen LogP contribution is 2.30. The van der Waals surface area contributed by atoms with Crippen molar-refractivity contribution in [1.29, 1.82) is 0 Å². The molecule has 3 N–H and O–H groups in total. The van der Waals surface area contributed by atoms with Crippen molar-refractivity contribution in [3.63, 3.8) is 0 Å². The van der Waals surface area contributed by atoms with E-state index in [0.29, 0.717) is 28.8 Å². The van der Waals surface area contributed by atoms with Crippen molar-refractivity contribution in [3.05, 3.63) is 29.8 Å². The Morgan fingerprint density at radius 2 is 2.05 bits per heavy atom. The van der Waals surface area contributed by atoms with Crippen molar-refractivity contribution in [3.8, 4) is 0 Å². The maximum Gasteiger partial charge on any atom is 0.240 e. The van der Waals surface area contributed by atoms with Gasteiger partial charge in [0.25, 0.3) is 0 Å². The summed E-state index contributed by atoms with van der Waals surface area (Å²) >= 11 is 0. The summed E-state index contributed by atoms with van der Waals surface area (Å²) in [6.45, 7) is 2.99. The second-order valence-electron chi connectivity index (χ2n) is 5.45. The van der Waals surface area contributed by atoms with Gasteiger partial charge in [0, 0.05) is 13.1 Å². The van der Waals surface area contributed by atoms with E-state index in [1.807, 2.05) is 0 Å². The standard InChI is InChI=1S/C14H22N2O2S/c1-11-6-7-12(8-11)10-16-19(17,18)14-5-3-2-4-13(14)9-15/h2-5,11-12,16H,6-10,15H2,1H3. The third-order valence-corrected chi connectivity index (χ3v) is 5.37. The van der Waals surface area contributed by atoms with Gasteiger partial charge in [-0.25, -0.2) is 13.1 Å². The van der Waals surface area contributed by atoms with E-state index in [2.05, 4.69) is 11.6 Å². The van der Waals surface area contributed by atoms with Gasteiger partial charge in [0.05, 0.1) is 4.90 Å². The molecule has 0 saturated heterocycles.